The molecule has 0 heterocycles. The SMILES string of the molecule is NCC(CN)CCc1ccc(Cl)cc1. The summed E-state index contributed by atoms with van der Waals surface area (Å²) in [6.07, 6.45) is 2.07. The number of hydrogen-bond acceptors (Lipinski definition) is 2. The molecule has 0 radical (unpaired) electrons. The summed E-state index contributed by atoms with van der Waals surface area (Å²) in [7, 11) is 0. The fourth-order valence-electron chi connectivity index (χ4n) is 1.35. The molecule has 78 valence electrons. The minimum absolute atomic E-state index is 0.436. The van der Waals surface area contributed by atoms with Crippen molar-refractivity contribution in [2.45, 2.75) is 12.8 Å². The molecule has 0 saturated carbocycles. The zero-order valence-corrected chi connectivity index (χ0v) is 9.00. The average Bonchev–Trinajstić information content (AvgIpc) is 2.22. The summed E-state index contributed by atoms with van der Waals surface area (Å²) in [5.74, 6) is 0.436. The highest BCUT2D eigenvalue weighted by atomic mass is 35.5. The van der Waals surface area contributed by atoms with E-state index < -0.39 is 0 Å². The van der Waals surface area contributed by atoms with Crippen molar-refractivity contribution in [3.8, 4) is 0 Å². The maximum absolute atomic E-state index is 5.79. The standard InChI is InChI=1S/C11H17ClN2/c12-11-5-3-9(4-6-11)1-2-10(7-13)8-14/h3-6,10H,1-2,7-8,13-14H2. The third-order valence-electron chi connectivity index (χ3n) is 2.42. The van der Waals surface area contributed by atoms with Crippen LogP contribution in [0.15, 0.2) is 24.3 Å². The van der Waals surface area contributed by atoms with Gasteiger partial charge in [-0.05, 0) is 49.5 Å². The normalized spacial score (nSPS) is 10.9. The summed E-state index contributed by atoms with van der Waals surface area (Å²) in [6.45, 7) is 1.34. The van der Waals surface area contributed by atoms with Gasteiger partial charge in [0.25, 0.3) is 0 Å². The molecule has 0 unspecified atom stereocenters. The van der Waals surface area contributed by atoms with Crippen molar-refractivity contribution in [1.82, 2.24) is 0 Å². The van der Waals surface area contributed by atoms with E-state index in [1.807, 2.05) is 24.3 Å². The highest BCUT2D eigenvalue weighted by molar-refractivity contribution is 6.30. The first-order chi connectivity index (χ1) is 6.76. The van der Waals surface area contributed by atoms with E-state index in [9.17, 15) is 0 Å². The lowest BCUT2D eigenvalue weighted by Gasteiger charge is -2.11. The molecule has 1 aromatic carbocycles. The van der Waals surface area contributed by atoms with Crippen LogP contribution >= 0.6 is 11.6 Å². The molecule has 0 amide bonds. The Morgan fingerprint density at radius 2 is 1.64 bits per heavy atom. The van der Waals surface area contributed by atoms with E-state index in [4.69, 9.17) is 23.1 Å². The first-order valence-corrected chi connectivity index (χ1v) is 5.28. The molecule has 0 bridgehead atoms. The van der Waals surface area contributed by atoms with Crippen molar-refractivity contribution in [3.63, 3.8) is 0 Å². The Balaban J connectivity index is 2.41. The third-order valence-corrected chi connectivity index (χ3v) is 2.67. The first-order valence-electron chi connectivity index (χ1n) is 4.91. The zero-order chi connectivity index (χ0) is 10.4. The fraction of sp³-hybridized carbons (Fsp3) is 0.455. The molecule has 0 aliphatic rings. The summed E-state index contributed by atoms with van der Waals surface area (Å²) >= 11 is 5.79. The van der Waals surface area contributed by atoms with E-state index in [2.05, 4.69) is 0 Å². The Bertz CT molecular complexity index is 254. The molecule has 0 aromatic heterocycles. The van der Waals surface area contributed by atoms with Crippen LogP contribution in [-0.4, -0.2) is 13.1 Å². The largest absolute Gasteiger partial charge is 0.330 e. The van der Waals surface area contributed by atoms with Crippen LogP contribution in [0.25, 0.3) is 0 Å². The van der Waals surface area contributed by atoms with Crippen LogP contribution in [0.5, 0.6) is 0 Å². The predicted octanol–water partition coefficient (Wildman–Crippen LogP) is 1.81. The number of halogens is 1. The zero-order valence-electron chi connectivity index (χ0n) is 8.25. The Hall–Kier alpha value is -0.570. The van der Waals surface area contributed by atoms with E-state index in [-0.39, 0.29) is 0 Å². The molecule has 1 rings (SSSR count). The maximum atomic E-state index is 5.79. The quantitative estimate of drug-likeness (QED) is 0.782. The molecule has 2 nitrogen and oxygen atoms in total. The smallest absolute Gasteiger partial charge is 0.0406 e. The molecule has 1 aromatic rings. The Morgan fingerprint density at radius 1 is 1.07 bits per heavy atom. The van der Waals surface area contributed by atoms with Crippen LogP contribution in [0.3, 0.4) is 0 Å². The lowest BCUT2D eigenvalue weighted by atomic mass is 10.00. The van der Waals surface area contributed by atoms with Gasteiger partial charge in [-0.15, -0.1) is 0 Å². The van der Waals surface area contributed by atoms with Gasteiger partial charge in [0, 0.05) is 5.02 Å². The van der Waals surface area contributed by atoms with Crippen LogP contribution < -0.4 is 11.5 Å². The maximum Gasteiger partial charge on any atom is 0.0406 e. The molecular formula is C11H17ClN2. The molecule has 0 aliphatic heterocycles. The second-order valence-electron chi connectivity index (χ2n) is 3.50. The number of aryl methyl sites for hydroxylation is 1. The number of hydrogen-bond donors (Lipinski definition) is 2. The van der Waals surface area contributed by atoms with Crippen molar-refractivity contribution in [3.05, 3.63) is 34.9 Å². The van der Waals surface area contributed by atoms with Crippen molar-refractivity contribution in [1.29, 1.82) is 0 Å². The van der Waals surface area contributed by atoms with E-state index in [1.54, 1.807) is 0 Å². The number of benzene rings is 1. The molecule has 0 fully saturated rings. The second-order valence-corrected chi connectivity index (χ2v) is 3.94. The highest BCUT2D eigenvalue weighted by Gasteiger charge is 2.03. The van der Waals surface area contributed by atoms with Gasteiger partial charge in [0.1, 0.15) is 0 Å². The predicted molar refractivity (Wildman–Crippen MR) is 61.4 cm³/mol. The topological polar surface area (TPSA) is 52.0 Å². The molecule has 0 spiro atoms. The molecule has 0 aliphatic carbocycles. The van der Waals surface area contributed by atoms with Gasteiger partial charge in [-0.3, -0.25) is 0 Å². The monoisotopic (exact) mass is 212 g/mol. The van der Waals surface area contributed by atoms with Gasteiger partial charge in [-0.2, -0.15) is 0 Å². The summed E-state index contributed by atoms with van der Waals surface area (Å²) in [5, 5.41) is 0.781. The molecular weight excluding hydrogens is 196 g/mol. The lowest BCUT2D eigenvalue weighted by Crippen LogP contribution is -2.23. The van der Waals surface area contributed by atoms with Crippen LogP contribution in [0.1, 0.15) is 12.0 Å². The van der Waals surface area contributed by atoms with E-state index in [0.717, 1.165) is 17.9 Å². The number of nitrogens with two attached hydrogens (primary N) is 2. The summed E-state index contributed by atoms with van der Waals surface area (Å²) < 4.78 is 0. The van der Waals surface area contributed by atoms with E-state index in [0.29, 0.717) is 19.0 Å². The Labute approximate surface area is 90.2 Å². The van der Waals surface area contributed by atoms with Crippen molar-refractivity contribution in [2.75, 3.05) is 13.1 Å². The summed E-state index contributed by atoms with van der Waals surface area (Å²) in [4.78, 5) is 0. The van der Waals surface area contributed by atoms with Crippen molar-refractivity contribution >= 4 is 11.6 Å². The lowest BCUT2D eigenvalue weighted by molar-refractivity contribution is 0.508. The molecule has 0 atom stereocenters. The van der Waals surface area contributed by atoms with Gasteiger partial charge in [0.2, 0.25) is 0 Å². The van der Waals surface area contributed by atoms with Crippen LogP contribution in [0.4, 0.5) is 0 Å². The van der Waals surface area contributed by atoms with E-state index in [1.165, 1.54) is 5.56 Å². The van der Waals surface area contributed by atoms with Gasteiger partial charge in [0.05, 0.1) is 0 Å². The minimum atomic E-state index is 0.436. The van der Waals surface area contributed by atoms with Gasteiger partial charge in [-0.1, -0.05) is 23.7 Å². The molecule has 4 N–H and O–H groups in total. The Kier molecular flexibility index (Phi) is 4.94. The second kappa shape index (κ2) is 6.02. The van der Waals surface area contributed by atoms with Crippen molar-refractivity contribution < 1.29 is 0 Å². The molecule has 14 heavy (non-hydrogen) atoms. The average molecular weight is 213 g/mol. The van der Waals surface area contributed by atoms with Gasteiger partial charge in [0.15, 0.2) is 0 Å². The van der Waals surface area contributed by atoms with E-state index >= 15 is 0 Å². The van der Waals surface area contributed by atoms with Crippen LogP contribution in [-0.2, 0) is 6.42 Å². The van der Waals surface area contributed by atoms with Crippen molar-refractivity contribution in [2.24, 2.45) is 17.4 Å². The number of rotatable bonds is 5. The fourth-order valence-corrected chi connectivity index (χ4v) is 1.48. The molecule has 3 heteroatoms. The summed E-state index contributed by atoms with van der Waals surface area (Å²) in [5.41, 5.74) is 12.4. The third kappa shape index (κ3) is 3.66. The highest BCUT2D eigenvalue weighted by Crippen LogP contribution is 2.12. The molecule has 0 saturated heterocycles. The van der Waals surface area contributed by atoms with Gasteiger partial charge < -0.3 is 11.5 Å². The van der Waals surface area contributed by atoms with Gasteiger partial charge in [-0.25, -0.2) is 0 Å². The summed E-state index contributed by atoms with van der Waals surface area (Å²) in [6, 6.07) is 7.92. The minimum Gasteiger partial charge on any atom is -0.330 e. The first kappa shape index (κ1) is 11.5. The Morgan fingerprint density at radius 3 is 2.14 bits per heavy atom. The van der Waals surface area contributed by atoms with Crippen LogP contribution in [0.2, 0.25) is 5.02 Å². The van der Waals surface area contributed by atoms with Crippen LogP contribution in [0, 0.1) is 5.92 Å². The van der Waals surface area contributed by atoms with Gasteiger partial charge >= 0.3 is 0 Å².